The molecule has 0 aromatic heterocycles. The van der Waals surface area contributed by atoms with E-state index in [1.165, 1.54) is 50.7 Å². The minimum absolute atomic E-state index is 0.0831. The Hall–Kier alpha value is -8.91. The van der Waals surface area contributed by atoms with Gasteiger partial charge in [-0.3, -0.25) is 4.79 Å². The summed E-state index contributed by atoms with van der Waals surface area (Å²) in [6.45, 7) is 7.27. The van der Waals surface area contributed by atoms with E-state index < -0.39 is 42.0 Å². The number of ketones is 1. The maximum Gasteiger partial charge on any atom is 0.407 e. The normalized spacial score (nSPS) is 13.6. The van der Waals surface area contributed by atoms with Crippen molar-refractivity contribution in [1.29, 1.82) is 0 Å². The van der Waals surface area contributed by atoms with Gasteiger partial charge in [0.05, 0.1) is 14.2 Å². The van der Waals surface area contributed by atoms with Crippen molar-refractivity contribution in [2.75, 3.05) is 27.4 Å². The molecule has 0 bridgehead atoms. The first-order valence-corrected chi connectivity index (χ1v) is 24.6. The van der Waals surface area contributed by atoms with Crippen LogP contribution in [0.1, 0.15) is 72.9 Å². The van der Waals surface area contributed by atoms with E-state index in [1.54, 1.807) is 52.0 Å². The number of ether oxygens (including phenoxy) is 6. The minimum atomic E-state index is -1.04. The smallest absolute Gasteiger partial charge is 0.407 e. The van der Waals surface area contributed by atoms with E-state index in [2.05, 4.69) is 22.8 Å². The number of amides is 2. The van der Waals surface area contributed by atoms with Gasteiger partial charge in [-0.15, -0.1) is 0 Å². The van der Waals surface area contributed by atoms with Crippen molar-refractivity contribution in [2.24, 2.45) is 11.8 Å². The van der Waals surface area contributed by atoms with Crippen molar-refractivity contribution >= 4 is 42.1 Å². The SMILES string of the molecule is COc1cc(/C=C/C(=O)/C=C(O)/C=C/c2ccc(OC(=O)[C@@H](NC(=O)OCC3c4ccccc4-c4ccccc43)C(C)C)c(OC)c2)ccc1OC(=O)[C@@H](NC(=O)OCC1c2ccccc2-c2ccccc21)C(C)C. The van der Waals surface area contributed by atoms with Crippen LogP contribution in [0.25, 0.3) is 34.4 Å². The molecule has 6 aromatic rings. The van der Waals surface area contributed by atoms with Gasteiger partial charge in [-0.05, 0) is 104 Å². The summed E-state index contributed by atoms with van der Waals surface area (Å²) in [6.07, 6.45) is 5.12. The number of carbonyl (C=O) groups excluding carboxylic acids is 5. The van der Waals surface area contributed by atoms with Crippen LogP contribution < -0.4 is 29.6 Å². The maximum absolute atomic E-state index is 13.5. The Labute approximate surface area is 435 Å². The molecule has 0 fully saturated rings. The third-order valence-electron chi connectivity index (χ3n) is 13.0. The minimum Gasteiger partial charge on any atom is -0.508 e. The number of carbonyl (C=O) groups is 5. The lowest BCUT2D eigenvalue weighted by molar-refractivity contribution is -0.138. The molecule has 6 aromatic carbocycles. The zero-order valence-corrected chi connectivity index (χ0v) is 42.4. The molecule has 8 rings (SSSR count). The molecule has 0 saturated carbocycles. The molecule has 2 aliphatic rings. The summed E-state index contributed by atoms with van der Waals surface area (Å²) in [7, 11) is 2.81. The molecule has 0 radical (unpaired) electrons. The number of hydrogen-bond acceptors (Lipinski definition) is 12. The second-order valence-corrected chi connectivity index (χ2v) is 18.7. The van der Waals surface area contributed by atoms with Gasteiger partial charge in [0.15, 0.2) is 28.8 Å². The van der Waals surface area contributed by atoms with E-state index in [9.17, 15) is 29.1 Å². The fourth-order valence-corrected chi connectivity index (χ4v) is 9.22. The monoisotopic (exact) mass is 1010 g/mol. The van der Waals surface area contributed by atoms with Crippen molar-refractivity contribution < 1.29 is 57.5 Å². The number of aliphatic hydroxyl groups is 1. The number of rotatable bonds is 19. The molecule has 2 aliphatic carbocycles. The van der Waals surface area contributed by atoms with E-state index in [4.69, 9.17) is 28.4 Å². The van der Waals surface area contributed by atoms with Crippen LogP contribution in [-0.2, 0) is 23.9 Å². The zero-order chi connectivity index (χ0) is 53.2. The molecule has 14 heteroatoms. The second-order valence-electron chi connectivity index (χ2n) is 18.7. The molecule has 2 atom stereocenters. The number of hydrogen-bond donors (Lipinski definition) is 3. The van der Waals surface area contributed by atoms with Crippen LogP contribution in [0.5, 0.6) is 23.0 Å². The lowest BCUT2D eigenvalue weighted by Gasteiger charge is -2.22. The average molecular weight is 1010 g/mol. The van der Waals surface area contributed by atoms with E-state index in [1.807, 2.05) is 84.9 Å². The number of fused-ring (bicyclic) bond motifs is 6. The summed E-state index contributed by atoms with van der Waals surface area (Å²) < 4.78 is 33.8. The summed E-state index contributed by atoms with van der Waals surface area (Å²) in [5.74, 6) is -2.71. The first-order chi connectivity index (χ1) is 36.2. The highest BCUT2D eigenvalue weighted by Crippen LogP contribution is 2.46. The third kappa shape index (κ3) is 12.3. The van der Waals surface area contributed by atoms with Crippen LogP contribution in [-0.4, -0.2) is 74.5 Å². The Morgan fingerprint density at radius 1 is 0.507 bits per heavy atom. The number of aliphatic hydroxyl groups excluding tert-OH is 1. The molecule has 75 heavy (non-hydrogen) atoms. The summed E-state index contributed by atoms with van der Waals surface area (Å²) in [6, 6.07) is 39.4. The van der Waals surface area contributed by atoms with Crippen LogP contribution >= 0.6 is 0 Å². The lowest BCUT2D eigenvalue weighted by atomic mass is 9.98. The standard InChI is InChI=1S/C61H58N2O12/c1-36(2)56(62-60(68)72-34-50-46-19-11-7-15-42(46)43-16-8-12-20-47(43)50)58(66)74-52-29-25-38(31-54(52)70-5)23-27-40(64)33-41(65)28-24-39-26-30-53(55(32-39)71-6)75-59(67)57(37(3)4)63-61(69)73-35-51-48-21-13-9-17-44(48)45-18-10-14-22-49(45)51/h7-33,36-37,50-51,56-57,64H,34-35H2,1-6H3,(H,62,68)(H,63,69)/b27-23+,28-24+,40-33-/t56-,57-/m0/s1. The number of esters is 2. The maximum atomic E-state index is 13.5. The summed E-state index contributed by atoms with van der Waals surface area (Å²) in [4.78, 5) is 66.0. The molecule has 0 unspecified atom stereocenters. The number of nitrogens with one attached hydrogen (secondary N) is 2. The average Bonchev–Trinajstić information content (AvgIpc) is 3.91. The fourth-order valence-electron chi connectivity index (χ4n) is 9.22. The molecule has 2 amide bonds. The van der Waals surface area contributed by atoms with E-state index in [-0.39, 0.29) is 65.6 Å². The van der Waals surface area contributed by atoms with Crippen LogP contribution in [0.4, 0.5) is 9.59 Å². The van der Waals surface area contributed by atoms with Crippen LogP contribution in [0.2, 0.25) is 0 Å². The molecule has 0 saturated heterocycles. The first kappa shape index (κ1) is 52.4. The van der Waals surface area contributed by atoms with Crippen LogP contribution in [0.15, 0.2) is 157 Å². The molecular formula is C61H58N2O12. The largest absolute Gasteiger partial charge is 0.508 e. The van der Waals surface area contributed by atoms with Gasteiger partial charge < -0.3 is 44.2 Å². The summed E-state index contributed by atoms with van der Waals surface area (Å²) in [5.41, 5.74) is 9.74. The van der Waals surface area contributed by atoms with Gasteiger partial charge in [0.2, 0.25) is 0 Å². The first-order valence-electron chi connectivity index (χ1n) is 24.6. The number of allylic oxidation sites excluding steroid dienone is 3. The molecule has 3 N–H and O–H groups in total. The van der Waals surface area contributed by atoms with Crippen LogP contribution in [0.3, 0.4) is 0 Å². The fraction of sp³-hybridized carbons (Fsp3) is 0.230. The van der Waals surface area contributed by atoms with Gasteiger partial charge in [-0.25, -0.2) is 19.2 Å². The highest BCUT2D eigenvalue weighted by Gasteiger charge is 2.33. The number of methoxy groups -OCH3 is 2. The van der Waals surface area contributed by atoms with Gasteiger partial charge in [0.25, 0.3) is 0 Å². The van der Waals surface area contributed by atoms with E-state index in [0.717, 1.165) is 50.6 Å². The van der Waals surface area contributed by atoms with Crippen molar-refractivity contribution in [2.45, 2.75) is 51.6 Å². The molecule has 14 nitrogen and oxygen atoms in total. The number of alkyl carbamates (subject to hydrolysis) is 2. The Morgan fingerprint density at radius 2 is 0.867 bits per heavy atom. The zero-order valence-electron chi connectivity index (χ0n) is 42.4. The Bertz CT molecular complexity index is 3120. The highest BCUT2D eigenvalue weighted by atomic mass is 16.6. The molecule has 0 aliphatic heterocycles. The van der Waals surface area contributed by atoms with E-state index in [0.29, 0.717) is 11.1 Å². The quantitative estimate of drug-likeness (QED) is 0.0230. The molecule has 0 spiro atoms. The molecule has 384 valence electrons. The van der Waals surface area contributed by atoms with Gasteiger partial charge in [-0.1, -0.05) is 149 Å². The Kier molecular flexibility index (Phi) is 16.6. The molecule has 0 heterocycles. The lowest BCUT2D eigenvalue weighted by Crippen LogP contribution is -2.46. The third-order valence-corrected chi connectivity index (χ3v) is 13.0. The van der Waals surface area contributed by atoms with Gasteiger partial charge in [-0.2, -0.15) is 0 Å². The van der Waals surface area contributed by atoms with E-state index >= 15 is 0 Å². The van der Waals surface area contributed by atoms with Crippen molar-refractivity contribution in [3.63, 3.8) is 0 Å². The second kappa shape index (κ2) is 23.8. The van der Waals surface area contributed by atoms with Crippen molar-refractivity contribution in [1.82, 2.24) is 10.6 Å². The predicted molar refractivity (Wildman–Crippen MR) is 285 cm³/mol. The van der Waals surface area contributed by atoms with Crippen molar-refractivity contribution in [3.05, 3.63) is 191 Å². The van der Waals surface area contributed by atoms with Gasteiger partial charge in [0.1, 0.15) is 31.1 Å². The van der Waals surface area contributed by atoms with Gasteiger partial charge in [0, 0.05) is 17.9 Å². The number of benzene rings is 6. The highest BCUT2D eigenvalue weighted by molar-refractivity contribution is 6.02. The summed E-state index contributed by atoms with van der Waals surface area (Å²) in [5, 5.41) is 16.0. The van der Waals surface area contributed by atoms with Crippen molar-refractivity contribution in [3.8, 4) is 45.3 Å². The van der Waals surface area contributed by atoms with Crippen LogP contribution in [0, 0.1) is 11.8 Å². The topological polar surface area (TPSA) is 185 Å². The Morgan fingerprint density at radius 3 is 1.23 bits per heavy atom. The Balaban J connectivity index is 0.819. The summed E-state index contributed by atoms with van der Waals surface area (Å²) >= 11 is 0. The predicted octanol–water partition coefficient (Wildman–Crippen LogP) is 11.4. The van der Waals surface area contributed by atoms with Gasteiger partial charge >= 0.3 is 24.1 Å². The molecular weight excluding hydrogens is 953 g/mol.